The highest BCUT2D eigenvalue weighted by Crippen LogP contribution is 2.25. The lowest BCUT2D eigenvalue weighted by molar-refractivity contribution is 0.0701. The number of amides is 2. The molecule has 2 amide bonds. The number of hydrogen-bond acceptors (Lipinski definition) is 5. The fourth-order valence-corrected chi connectivity index (χ4v) is 2.84. The van der Waals surface area contributed by atoms with E-state index in [-0.39, 0.29) is 5.76 Å². The van der Waals surface area contributed by atoms with Gasteiger partial charge in [0.05, 0.1) is 12.0 Å². The molecule has 0 spiro atoms. The maximum Gasteiger partial charge on any atom is 0.379 e. The first-order valence-electron chi connectivity index (χ1n) is 7.54. The summed E-state index contributed by atoms with van der Waals surface area (Å²) in [5.41, 5.74) is 0.891. The van der Waals surface area contributed by atoms with Crippen LogP contribution in [0.2, 0.25) is 10.0 Å². The Labute approximate surface area is 170 Å². The summed E-state index contributed by atoms with van der Waals surface area (Å²) in [6, 6.07) is 13.4. The number of carbonyl (C=O) groups is 2. The Kier molecular flexibility index (Phi) is 5.95. The Hall–Kier alpha value is -2.61. The average Bonchev–Trinajstić information content (AvgIpc) is 3.15. The third-order valence-electron chi connectivity index (χ3n) is 3.32. The molecule has 0 aliphatic heterocycles. The van der Waals surface area contributed by atoms with Crippen LogP contribution < -0.4 is 14.4 Å². The van der Waals surface area contributed by atoms with E-state index < -0.39 is 12.0 Å². The van der Waals surface area contributed by atoms with Crippen molar-refractivity contribution in [3.05, 3.63) is 76.7 Å². The van der Waals surface area contributed by atoms with Gasteiger partial charge in [0.2, 0.25) is 5.76 Å². The molecule has 0 saturated heterocycles. The van der Waals surface area contributed by atoms with E-state index in [1.165, 1.54) is 24.5 Å². The number of hydrogen-bond donors (Lipinski definition) is 2. The van der Waals surface area contributed by atoms with Crippen molar-refractivity contribution in [3.63, 3.8) is 0 Å². The van der Waals surface area contributed by atoms with Gasteiger partial charge in [-0.2, -0.15) is 0 Å². The molecule has 0 aliphatic rings. The first kappa shape index (κ1) is 19.2. The van der Waals surface area contributed by atoms with Crippen molar-refractivity contribution >= 4 is 59.4 Å². The second kappa shape index (κ2) is 8.39. The number of benzene rings is 2. The maximum absolute atomic E-state index is 12.3. The highest BCUT2D eigenvalue weighted by molar-refractivity contribution is 7.82. The van der Waals surface area contributed by atoms with Crippen molar-refractivity contribution in [1.29, 1.82) is 0 Å². The van der Waals surface area contributed by atoms with E-state index >= 15 is 0 Å². The zero-order valence-corrected chi connectivity index (χ0v) is 16.0. The van der Waals surface area contributed by atoms with Crippen LogP contribution >= 0.6 is 36.0 Å². The predicted octanol–water partition coefficient (Wildman–Crippen LogP) is 5.69. The van der Waals surface area contributed by atoms with Crippen molar-refractivity contribution in [2.75, 3.05) is 9.62 Å². The van der Waals surface area contributed by atoms with Crippen LogP contribution in [-0.2, 0) is 0 Å². The molecule has 1 N–H and O–H groups in total. The highest BCUT2D eigenvalue weighted by Gasteiger charge is 2.15. The quantitative estimate of drug-likeness (QED) is 0.321. The minimum Gasteiger partial charge on any atom is -0.457 e. The van der Waals surface area contributed by atoms with Crippen molar-refractivity contribution in [3.8, 4) is 5.75 Å². The molecule has 0 bridgehead atoms. The van der Waals surface area contributed by atoms with Gasteiger partial charge in [0.25, 0.3) is 0 Å². The Morgan fingerprint density at radius 2 is 1.70 bits per heavy atom. The number of anilines is 2. The molecule has 1 heterocycles. The molecule has 0 radical (unpaired) electrons. The van der Waals surface area contributed by atoms with Gasteiger partial charge in [-0.3, -0.25) is 0 Å². The van der Waals surface area contributed by atoms with Crippen molar-refractivity contribution in [2.24, 2.45) is 0 Å². The standard InChI is InChI=1S/C18H12Cl2N2O4S/c19-11-8-12(20)10-13(9-11)21-18(24)22(27)14-3-5-15(6-4-14)26-17(23)16-2-1-7-25-16/h1-10,27H,(H,21,24). The number of urea groups is 1. The van der Waals surface area contributed by atoms with E-state index in [9.17, 15) is 9.59 Å². The van der Waals surface area contributed by atoms with Gasteiger partial charge in [-0.05, 0) is 54.6 Å². The summed E-state index contributed by atoms with van der Waals surface area (Å²) in [6.07, 6.45) is 1.38. The van der Waals surface area contributed by atoms with Gasteiger partial charge in [-0.25, -0.2) is 13.9 Å². The Bertz CT molecular complexity index is 942. The topological polar surface area (TPSA) is 71.8 Å². The Balaban J connectivity index is 1.65. The zero-order chi connectivity index (χ0) is 19.4. The van der Waals surface area contributed by atoms with Crippen LogP contribution in [0, 0.1) is 0 Å². The molecule has 27 heavy (non-hydrogen) atoms. The SMILES string of the molecule is O=C(Oc1ccc(N(S)C(=O)Nc2cc(Cl)cc(Cl)c2)cc1)c1ccco1. The molecule has 0 atom stereocenters. The first-order valence-corrected chi connectivity index (χ1v) is 8.70. The summed E-state index contributed by atoms with van der Waals surface area (Å²) < 4.78 is 11.2. The molecule has 0 saturated carbocycles. The summed E-state index contributed by atoms with van der Waals surface area (Å²) in [4.78, 5) is 24.1. The van der Waals surface area contributed by atoms with Crippen LogP contribution in [0.15, 0.2) is 65.3 Å². The summed E-state index contributed by atoms with van der Waals surface area (Å²) in [6.45, 7) is 0. The second-order valence-corrected chi connectivity index (χ2v) is 6.53. The summed E-state index contributed by atoms with van der Waals surface area (Å²) in [5, 5.41) is 3.42. The van der Waals surface area contributed by atoms with E-state index in [2.05, 4.69) is 18.1 Å². The van der Waals surface area contributed by atoms with Gasteiger partial charge in [0.15, 0.2) is 0 Å². The van der Waals surface area contributed by atoms with Crippen LogP contribution in [0.1, 0.15) is 10.6 Å². The molecule has 9 heteroatoms. The normalized spacial score (nSPS) is 10.3. The van der Waals surface area contributed by atoms with Crippen LogP contribution in [0.5, 0.6) is 5.75 Å². The number of nitrogens with zero attached hydrogens (tertiary/aromatic N) is 1. The number of furan rings is 1. The zero-order valence-electron chi connectivity index (χ0n) is 13.6. The molecular weight excluding hydrogens is 411 g/mol. The number of thiol groups is 1. The largest absolute Gasteiger partial charge is 0.457 e. The van der Waals surface area contributed by atoms with E-state index in [0.29, 0.717) is 27.2 Å². The van der Waals surface area contributed by atoms with Gasteiger partial charge >= 0.3 is 12.0 Å². The van der Waals surface area contributed by atoms with Gasteiger partial charge in [0.1, 0.15) is 5.75 Å². The lowest BCUT2D eigenvalue weighted by Crippen LogP contribution is -2.26. The molecule has 0 unspecified atom stereocenters. The number of halogens is 2. The maximum atomic E-state index is 12.3. The lowest BCUT2D eigenvalue weighted by Gasteiger charge is -2.17. The fraction of sp³-hybridized carbons (Fsp3) is 0. The molecular formula is C18H12Cl2N2O4S. The number of nitrogens with one attached hydrogen (secondary N) is 1. The summed E-state index contributed by atoms with van der Waals surface area (Å²) in [7, 11) is 0. The van der Waals surface area contributed by atoms with Crippen LogP contribution in [0.3, 0.4) is 0 Å². The van der Waals surface area contributed by atoms with Gasteiger partial charge < -0.3 is 14.5 Å². The molecule has 138 valence electrons. The number of ether oxygens (including phenoxy) is 1. The number of carbonyl (C=O) groups excluding carboxylic acids is 2. The molecule has 0 aliphatic carbocycles. The van der Waals surface area contributed by atoms with Crippen LogP contribution in [0.4, 0.5) is 16.2 Å². The van der Waals surface area contributed by atoms with E-state index in [4.69, 9.17) is 32.4 Å². The van der Waals surface area contributed by atoms with Gasteiger partial charge in [-0.15, -0.1) is 0 Å². The molecule has 0 fully saturated rings. The second-order valence-electron chi connectivity index (χ2n) is 5.26. The van der Waals surface area contributed by atoms with Crippen molar-refractivity contribution in [1.82, 2.24) is 0 Å². The van der Waals surface area contributed by atoms with E-state index in [0.717, 1.165) is 4.31 Å². The van der Waals surface area contributed by atoms with Gasteiger partial charge in [-0.1, -0.05) is 36.0 Å². The smallest absolute Gasteiger partial charge is 0.379 e. The van der Waals surface area contributed by atoms with E-state index in [1.54, 1.807) is 36.4 Å². The van der Waals surface area contributed by atoms with Crippen molar-refractivity contribution < 1.29 is 18.7 Å². The third kappa shape index (κ3) is 4.97. The van der Waals surface area contributed by atoms with Crippen molar-refractivity contribution in [2.45, 2.75) is 0 Å². The molecule has 3 aromatic rings. The highest BCUT2D eigenvalue weighted by atomic mass is 35.5. The fourth-order valence-electron chi connectivity index (χ4n) is 2.13. The third-order valence-corrected chi connectivity index (χ3v) is 4.17. The Morgan fingerprint density at radius 3 is 2.30 bits per heavy atom. The molecule has 3 rings (SSSR count). The van der Waals surface area contributed by atoms with Crippen LogP contribution in [-0.4, -0.2) is 12.0 Å². The summed E-state index contributed by atoms with van der Waals surface area (Å²) >= 11 is 16.0. The Morgan fingerprint density at radius 1 is 1.04 bits per heavy atom. The summed E-state index contributed by atoms with van der Waals surface area (Å²) in [5.74, 6) is -0.232. The number of rotatable bonds is 4. The number of esters is 1. The molecule has 2 aromatic carbocycles. The van der Waals surface area contributed by atoms with Crippen LogP contribution in [0.25, 0.3) is 0 Å². The molecule has 1 aromatic heterocycles. The minimum atomic E-state index is -0.619. The predicted molar refractivity (Wildman–Crippen MR) is 107 cm³/mol. The van der Waals surface area contributed by atoms with E-state index in [1.807, 2.05) is 0 Å². The first-order chi connectivity index (χ1) is 12.9. The molecule has 6 nitrogen and oxygen atoms in total. The lowest BCUT2D eigenvalue weighted by atomic mass is 10.3. The van der Waals surface area contributed by atoms with Gasteiger partial charge in [0, 0.05) is 15.7 Å². The average molecular weight is 423 g/mol. The monoisotopic (exact) mass is 422 g/mol. The minimum absolute atomic E-state index is 0.0921.